The maximum atomic E-state index is 10.5. The second-order valence-electron chi connectivity index (χ2n) is 4.00. The maximum absolute atomic E-state index is 10.5. The Bertz CT molecular complexity index is 634. The van der Waals surface area contributed by atoms with Gasteiger partial charge in [0.05, 0.1) is 12.4 Å². The number of benzene rings is 2. The molecule has 0 fully saturated rings. The predicted octanol–water partition coefficient (Wildman–Crippen LogP) is 2.50. The molecule has 0 unspecified atom stereocenters. The maximum Gasteiger partial charge on any atom is 0.264 e. The van der Waals surface area contributed by atoms with Crippen LogP contribution in [0, 0.1) is 0 Å². The van der Waals surface area contributed by atoms with Gasteiger partial charge in [0, 0.05) is 0 Å². The molecule has 0 bridgehead atoms. The average molecular weight is 266 g/mol. The summed E-state index contributed by atoms with van der Waals surface area (Å²) in [5, 5.41) is 2.20. The molecule has 0 aliphatic carbocycles. The average Bonchev–Trinajstić information content (AvgIpc) is 2.33. The molecule has 0 spiro atoms. The molecule has 0 radical (unpaired) electrons. The fourth-order valence-corrected chi connectivity index (χ4v) is 2.17. The minimum atomic E-state index is -3.89. The van der Waals surface area contributed by atoms with Crippen LogP contribution in [0.4, 0.5) is 0 Å². The van der Waals surface area contributed by atoms with Gasteiger partial charge in [0.2, 0.25) is 0 Å². The highest BCUT2D eigenvalue weighted by molar-refractivity contribution is 7.85. The van der Waals surface area contributed by atoms with E-state index in [1.54, 1.807) is 0 Å². The summed E-state index contributed by atoms with van der Waals surface area (Å²) in [4.78, 5) is 0. The minimum absolute atomic E-state index is 0.262. The van der Waals surface area contributed by atoms with Crippen LogP contribution in [0.3, 0.4) is 0 Å². The third-order valence-corrected chi connectivity index (χ3v) is 3.34. The van der Waals surface area contributed by atoms with Gasteiger partial charge in [-0.15, -0.1) is 0 Å². The Hall–Kier alpha value is -1.59. The van der Waals surface area contributed by atoms with E-state index in [1.807, 2.05) is 42.5 Å². The van der Waals surface area contributed by atoms with Crippen LogP contribution in [0.5, 0.6) is 5.75 Å². The van der Waals surface area contributed by atoms with Crippen molar-refractivity contribution in [2.75, 3.05) is 12.4 Å². The predicted molar refractivity (Wildman–Crippen MR) is 70.5 cm³/mol. The Morgan fingerprint density at radius 3 is 2.50 bits per heavy atom. The quantitative estimate of drug-likeness (QED) is 0.667. The van der Waals surface area contributed by atoms with E-state index in [0.717, 1.165) is 10.8 Å². The molecule has 0 heterocycles. The van der Waals surface area contributed by atoms with Gasteiger partial charge in [-0.3, -0.25) is 4.55 Å². The van der Waals surface area contributed by atoms with E-state index in [0.29, 0.717) is 5.75 Å². The van der Waals surface area contributed by atoms with Crippen LogP contribution in [0.25, 0.3) is 10.8 Å². The zero-order valence-corrected chi connectivity index (χ0v) is 10.6. The summed E-state index contributed by atoms with van der Waals surface area (Å²) in [7, 11) is -3.89. The molecule has 4 nitrogen and oxygen atoms in total. The zero-order chi connectivity index (χ0) is 13.0. The van der Waals surface area contributed by atoms with E-state index in [9.17, 15) is 8.42 Å². The normalized spacial score (nSPS) is 11.6. The third-order valence-electron chi connectivity index (χ3n) is 2.54. The Kier molecular flexibility index (Phi) is 3.84. The second-order valence-corrected chi connectivity index (χ2v) is 5.57. The highest BCUT2D eigenvalue weighted by atomic mass is 32.2. The summed E-state index contributed by atoms with van der Waals surface area (Å²) in [6, 6.07) is 13.6. The second kappa shape index (κ2) is 5.37. The molecule has 0 saturated carbocycles. The lowest BCUT2D eigenvalue weighted by Gasteiger charge is -2.06. The minimum Gasteiger partial charge on any atom is -0.494 e. The number of rotatable bonds is 5. The van der Waals surface area contributed by atoms with Crippen molar-refractivity contribution in [1.82, 2.24) is 0 Å². The summed E-state index contributed by atoms with van der Waals surface area (Å²) < 4.78 is 35.0. The van der Waals surface area contributed by atoms with Gasteiger partial charge in [-0.25, -0.2) is 0 Å². The first-order valence-corrected chi connectivity index (χ1v) is 7.22. The van der Waals surface area contributed by atoms with Crippen LogP contribution in [-0.2, 0) is 10.1 Å². The molecule has 0 aliphatic rings. The van der Waals surface area contributed by atoms with Crippen molar-refractivity contribution in [3.8, 4) is 5.75 Å². The summed E-state index contributed by atoms with van der Waals surface area (Å²) in [6.07, 6.45) is 0.270. The molecule has 18 heavy (non-hydrogen) atoms. The molecular formula is C13H14O4S. The van der Waals surface area contributed by atoms with E-state index in [-0.39, 0.29) is 18.8 Å². The Morgan fingerprint density at radius 1 is 1.06 bits per heavy atom. The lowest BCUT2D eigenvalue weighted by Crippen LogP contribution is -2.08. The molecular weight excluding hydrogens is 252 g/mol. The van der Waals surface area contributed by atoms with Crippen molar-refractivity contribution in [3.63, 3.8) is 0 Å². The van der Waals surface area contributed by atoms with Crippen LogP contribution in [0.2, 0.25) is 0 Å². The van der Waals surface area contributed by atoms with Gasteiger partial charge in [-0.2, -0.15) is 8.42 Å². The smallest absolute Gasteiger partial charge is 0.264 e. The van der Waals surface area contributed by atoms with E-state index in [2.05, 4.69) is 0 Å². The molecule has 96 valence electrons. The van der Waals surface area contributed by atoms with E-state index >= 15 is 0 Å². The Balaban J connectivity index is 1.96. The highest BCUT2D eigenvalue weighted by Crippen LogP contribution is 2.20. The van der Waals surface area contributed by atoms with Crippen molar-refractivity contribution in [3.05, 3.63) is 42.5 Å². The summed E-state index contributed by atoms with van der Waals surface area (Å²) >= 11 is 0. The molecule has 2 rings (SSSR count). The van der Waals surface area contributed by atoms with Crippen LogP contribution in [0.15, 0.2) is 42.5 Å². The summed E-state index contributed by atoms with van der Waals surface area (Å²) in [5.74, 6) is 0.421. The Morgan fingerprint density at radius 2 is 1.78 bits per heavy atom. The standard InChI is InChI=1S/C13H14O4S/c14-18(15,16)9-3-8-17-13-7-6-11-4-1-2-5-12(11)10-13/h1-2,4-7,10H,3,8-9H2,(H,14,15,16). The number of ether oxygens (including phenoxy) is 1. The molecule has 0 atom stereocenters. The van der Waals surface area contributed by atoms with Crippen molar-refractivity contribution in [2.24, 2.45) is 0 Å². The van der Waals surface area contributed by atoms with Crippen LogP contribution < -0.4 is 4.74 Å². The molecule has 0 amide bonds. The molecule has 0 saturated heterocycles. The molecule has 5 heteroatoms. The van der Waals surface area contributed by atoms with Gasteiger partial charge in [-0.05, 0) is 29.3 Å². The van der Waals surface area contributed by atoms with Gasteiger partial charge < -0.3 is 4.74 Å². The van der Waals surface area contributed by atoms with E-state index in [4.69, 9.17) is 9.29 Å². The fraction of sp³-hybridized carbons (Fsp3) is 0.231. The summed E-state index contributed by atoms with van der Waals surface area (Å²) in [6.45, 7) is 0.262. The third kappa shape index (κ3) is 3.72. The van der Waals surface area contributed by atoms with E-state index in [1.165, 1.54) is 0 Å². The molecule has 2 aromatic rings. The van der Waals surface area contributed by atoms with Crippen molar-refractivity contribution in [2.45, 2.75) is 6.42 Å². The van der Waals surface area contributed by atoms with Crippen LogP contribution in [-0.4, -0.2) is 25.3 Å². The monoisotopic (exact) mass is 266 g/mol. The van der Waals surface area contributed by atoms with Crippen molar-refractivity contribution >= 4 is 20.9 Å². The Labute approximate surface area is 106 Å². The lowest BCUT2D eigenvalue weighted by molar-refractivity contribution is 0.316. The molecule has 0 aliphatic heterocycles. The molecule has 0 aromatic heterocycles. The van der Waals surface area contributed by atoms with Gasteiger partial charge in [0.1, 0.15) is 5.75 Å². The first-order chi connectivity index (χ1) is 8.54. The van der Waals surface area contributed by atoms with E-state index < -0.39 is 10.1 Å². The van der Waals surface area contributed by atoms with Crippen molar-refractivity contribution in [1.29, 1.82) is 0 Å². The lowest BCUT2D eigenvalue weighted by atomic mass is 10.1. The fourth-order valence-electron chi connectivity index (χ4n) is 1.69. The first kappa shape index (κ1) is 12.9. The van der Waals surface area contributed by atoms with Crippen LogP contribution in [0.1, 0.15) is 6.42 Å². The first-order valence-electron chi connectivity index (χ1n) is 5.61. The topological polar surface area (TPSA) is 63.6 Å². The largest absolute Gasteiger partial charge is 0.494 e. The highest BCUT2D eigenvalue weighted by Gasteiger charge is 2.04. The SMILES string of the molecule is O=S(=O)(O)CCCOc1ccc2ccccc2c1. The number of fused-ring (bicyclic) bond motifs is 1. The molecule has 1 N–H and O–H groups in total. The van der Waals surface area contributed by atoms with Gasteiger partial charge >= 0.3 is 0 Å². The number of hydrogen-bond acceptors (Lipinski definition) is 3. The van der Waals surface area contributed by atoms with Gasteiger partial charge in [0.25, 0.3) is 10.1 Å². The zero-order valence-electron chi connectivity index (χ0n) is 9.74. The molecule has 2 aromatic carbocycles. The van der Waals surface area contributed by atoms with Gasteiger partial charge in [-0.1, -0.05) is 30.3 Å². The summed E-state index contributed by atoms with van der Waals surface area (Å²) in [5.41, 5.74) is 0. The number of hydrogen-bond donors (Lipinski definition) is 1. The van der Waals surface area contributed by atoms with Crippen LogP contribution >= 0.6 is 0 Å². The van der Waals surface area contributed by atoms with Crippen molar-refractivity contribution < 1.29 is 17.7 Å². The van der Waals surface area contributed by atoms with Gasteiger partial charge in [0.15, 0.2) is 0 Å².